The van der Waals surface area contributed by atoms with Crippen molar-refractivity contribution in [3.05, 3.63) is 24.2 Å². The fraction of sp³-hybridized carbons (Fsp3) is 0. The first kappa shape index (κ1) is 4.99. The Morgan fingerprint density at radius 3 is 2.75 bits per heavy atom. The lowest BCUT2D eigenvalue weighted by molar-refractivity contribution is -0.0791. The molecule has 3 N–H and O–H groups in total. The van der Waals surface area contributed by atoms with E-state index in [4.69, 9.17) is 10.3 Å². The van der Waals surface area contributed by atoms with E-state index in [0.29, 0.717) is 5.17 Å². The van der Waals surface area contributed by atoms with Crippen molar-refractivity contribution in [3.8, 4) is 0 Å². The summed E-state index contributed by atoms with van der Waals surface area (Å²) in [7, 11) is 0. The van der Waals surface area contributed by atoms with E-state index in [1.165, 1.54) is 12.3 Å². The molecule has 0 fully saturated rings. The van der Waals surface area contributed by atoms with Gasteiger partial charge >= 0.3 is 0 Å². The molecule has 1 heterocycles. The summed E-state index contributed by atoms with van der Waals surface area (Å²) >= 11 is 0. The first-order valence-electron chi connectivity index (χ1n) is 2.10. The summed E-state index contributed by atoms with van der Waals surface area (Å²) < 4.78 is 0. The van der Waals surface area contributed by atoms with E-state index in [1.54, 1.807) is 0 Å². The van der Waals surface area contributed by atoms with E-state index in [0.717, 1.165) is 6.20 Å². The molecule has 0 saturated carbocycles. The molecule has 0 bridgehead atoms. The van der Waals surface area contributed by atoms with Gasteiger partial charge < -0.3 is 5.11 Å². The van der Waals surface area contributed by atoms with Crippen LogP contribution in [-0.2, 0) is 0 Å². The number of rotatable bonds is 0. The Labute approximate surface area is 46.3 Å². The van der Waals surface area contributed by atoms with E-state index in [1.807, 2.05) is 0 Å². The minimum absolute atomic E-state index is 0.0197. The zero-order valence-electron chi connectivity index (χ0n) is 4.07. The number of hydroxylamine groups is 1. The zero-order chi connectivity index (χ0) is 5.98. The molecule has 0 unspecified atom stereocenters. The molecule has 0 aliphatic carbocycles. The third-order valence-corrected chi connectivity index (χ3v) is 0.715. The lowest BCUT2D eigenvalue weighted by Crippen LogP contribution is -2.27. The van der Waals surface area contributed by atoms with E-state index in [-0.39, 0.29) is 5.76 Å². The summed E-state index contributed by atoms with van der Waals surface area (Å²) in [5.74, 6) is 0.0197. The lowest BCUT2D eigenvalue weighted by atomic mass is 10.5. The van der Waals surface area contributed by atoms with E-state index >= 15 is 0 Å². The second-order valence-corrected chi connectivity index (χ2v) is 1.36. The van der Waals surface area contributed by atoms with Gasteiger partial charge in [0.05, 0.1) is 6.20 Å². The van der Waals surface area contributed by atoms with Crippen molar-refractivity contribution in [1.29, 1.82) is 0 Å². The van der Waals surface area contributed by atoms with Crippen LogP contribution in [0.25, 0.3) is 0 Å². The summed E-state index contributed by atoms with van der Waals surface area (Å²) in [5.41, 5.74) is 2.38. The minimum Gasteiger partial charge on any atom is -0.506 e. The molecule has 0 radical (unpaired) electrons. The van der Waals surface area contributed by atoms with Crippen LogP contribution in [0.15, 0.2) is 24.2 Å². The second-order valence-electron chi connectivity index (χ2n) is 1.36. The molecule has 4 nitrogen and oxygen atoms in total. The SMILES string of the molecule is OC1=CN(O)NC=C1. The Hall–Kier alpha value is -1.16. The van der Waals surface area contributed by atoms with Crippen molar-refractivity contribution < 1.29 is 10.3 Å². The third-order valence-electron chi connectivity index (χ3n) is 0.715. The molecule has 8 heavy (non-hydrogen) atoms. The number of hydrogen-bond donors (Lipinski definition) is 3. The van der Waals surface area contributed by atoms with Crippen molar-refractivity contribution in [2.75, 3.05) is 0 Å². The van der Waals surface area contributed by atoms with Crippen LogP contribution in [-0.4, -0.2) is 15.5 Å². The second kappa shape index (κ2) is 1.75. The van der Waals surface area contributed by atoms with Crippen LogP contribution in [0.4, 0.5) is 0 Å². The van der Waals surface area contributed by atoms with Crippen molar-refractivity contribution in [2.24, 2.45) is 0 Å². The summed E-state index contributed by atoms with van der Waals surface area (Å²) in [6.07, 6.45) is 3.97. The highest BCUT2D eigenvalue weighted by atomic mass is 16.5. The highest BCUT2D eigenvalue weighted by Crippen LogP contribution is 1.95. The van der Waals surface area contributed by atoms with Crippen LogP contribution in [0.3, 0.4) is 0 Å². The van der Waals surface area contributed by atoms with Crippen molar-refractivity contribution in [2.45, 2.75) is 0 Å². The molecule has 44 valence electrons. The number of nitrogens with zero attached hydrogens (tertiary/aromatic N) is 1. The Kier molecular flexibility index (Phi) is 1.09. The summed E-state index contributed by atoms with van der Waals surface area (Å²) in [6.45, 7) is 0. The van der Waals surface area contributed by atoms with Crippen LogP contribution >= 0.6 is 0 Å². The number of aliphatic hydroxyl groups excluding tert-OH is 1. The van der Waals surface area contributed by atoms with Crippen LogP contribution < -0.4 is 5.43 Å². The summed E-state index contributed by atoms with van der Waals surface area (Å²) in [6, 6.07) is 0. The molecule has 0 aromatic heterocycles. The monoisotopic (exact) mass is 114 g/mol. The Morgan fingerprint density at radius 2 is 2.38 bits per heavy atom. The van der Waals surface area contributed by atoms with Gasteiger partial charge in [-0.3, -0.25) is 10.6 Å². The molecule has 1 aliphatic rings. The largest absolute Gasteiger partial charge is 0.506 e. The molecular weight excluding hydrogens is 108 g/mol. The van der Waals surface area contributed by atoms with Gasteiger partial charge in [-0.1, -0.05) is 0 Å². The number of nitrogens with one attached hydrogen (secondary N) is 1. The predicted octanol–water partition coefficient (Wildman–Crippen LogP) is 0.109. The van der Waals surface area contributed by atoms with Gasteiger partial charge in [0, 0.05) is 6.20 Å². The minimum atomic E-state index is 0.0197. The first-order valence-corrected chi connectivity index (χ1v) is 2.10. The highest BCUT2D eigenvalue weighted by molar-refractivity contribution is 5.10. The van der Waals surface area contributed by atoms with Gasteiger partial charge in [0.15, 0.2) is 0 Å². The fourth-order valence-electron chi connectivity index (χ4n) is 0.405. The Morgan fingerprint density at radius 1 is 1.62 bits per heavy atom. The summed E-state index contributed by atoms with van der Waals surface area (Å²) in [5, 5.41) is 17.8. The number of allylic oxidation sites excluding steroid dienone is 1. The molecule has 0 spiro atoms. The van der Waals surface area contributed by atoms with Gasteiger partial charge in [-0.15, -0.1) is 0 Å². The van der Waals surface area contributed by atoms with Gasteiger partial charge in [-0.05, 0) is 6.08 Å². The normalized spacial score (nSPS) is 17.6. The topological polar surface area (TPSA) is 55.7 Å². The van der Waals surface area contributed by atoms with Gasteiger partial charge in [0.25, 0.3) is 0 Å². The van der Waals surface area contributed by atoms with Crippen LogP contribution in [0.5, 0.6) is 0 Å². The van der Waals surface area contributed by atoms with Crippen molar-refractivity contribution in [1.82, 2.24) is 10.6 Å². The van der Waals surface area contributed by atoms with Gasteiger partial charge in [0.1, 0.15) is 5.76 Å². The maximum atomic E-state index is 8.61. The van der Waals surface area contributed by atoms with Gasteiger partial charge in [-0.25, -0.2) is 0 Å². The molecule has 0 aromatic carbocycles. The zero-order valence-corrected chi connectivity index (χ0v) is 4.07. The molecular formula is C4H6N2O2. The molecule has 0 atom stereocenters. The molecule has 0 amide bonds. The molecule has 1 aliphatic heterocycles. The molecule has 1 rings (SSSR count). The van der Waals surface area contributed by atoms with E-state index < -0.39 is 0 Å². The summed E-state index contributed by atoms with van der Waals surface area (Å²) in [4.78, 5) is 0. The lowest BCUT2D eigenvalue weighted by Gasteiger charge is -2.13. The van der Waals surface area contributed by atoms with Crippen LogP contribution in [0, 0.1) is 0 Å². The average Bonchev–Trinajstić information content (AvgIpc) is 1.64. The maximum absolute atomic E-state index is 8.61. The smallest absolute Gasteiger partial charge is 0.137 e. The number of hydrazine groups is 1. The van der Waals surface area contributed by atoms with E-state index in [9.17, 15) is 0 Å². The van der Waals surface area contributed by atoms with E-state index in [2.05, 4.69) is 5.43 Å². The average molecular weight is 114 g/mol. The standard InChI is InChI=1S/C4H6N2O2/c7-4-1-2-5-6(8)3-4/h1-3,5,7-8H. The fourth-order valence-corrected chi connectivity index (χ4v) is 0.405. The Bertz CT molecular complexity index is 141. The number of aliphatic hydroxyl groups is 1. The Balaban J connectivity index is 2.63. The predicted molar refractivity (Wildman–Crippen MR) is 26.6 cm³/mol. The quantitative estimate of drug-likeness (QED) is 0.418. The third kappa shape index (κ3) is 0.913. The highest BCUT2D eigenvalue weighted by Gasteiger charge is 1.95. The van der Waals surface area contributed by atoms with Gasteiger partial charge in [-0.2, -0.15) is 5.17 Å². The molecule has 0 aromatic rings. The van der Waals surface area contributed by atoms with Crippen LogP contribution in [0.1, 0.15) is 0 Å². The molecule has 4 heteroatoms. The molecule has 0 saturated heterocycles. The number of hydrogen-bond acceptors (Lipinski definition) is 4. The van der Waals surface area contributed by atoms with Crippen LogP contribution in [0.2, 0.25) is 0 Å². The van der Waals surface area contributed by atoms with Crippen molar-refractivity contribution in [3.63, 3.8) is 0 Å². The van der Waals surface area contributed by atoms with Crippen molar-refractivity contribution >= 4 is 0 Å². The first-order chi connectivity index (χ1) is 3.79. The van der Waals surface area contributed by atoms with Gasteiger partial charge in [0.2, 0.25) is 0 Å². The maximum Gasteiger partial charge on any atom is 0.137 e.